The van der Waals surface area contributed by atoms with E-state index in [1.807, 2.05) is 17.0 Å². The fourth-order valence-electron chi connectivity index (χ4n) is 3.61. The number of aromatic nitrogens is 2. The summed E-state index contributed by atoms with van der Waals surface area (Å²) in [5.41, 5.74) is 4.33. The smallest absolute Gasteiger partial charge is 0.254 e. The first-order valence-corrected chi connectivity index (χ1v) is 8.91. The summed E-state index contributed by atoms with van der Waals surface area (Å²) in [6, 6.07) is 13.0. The van der Waals surface area contributed by atoms with Crippen LogP contribution in [0.1, 0.15) is 57.9 Å². The highest BCUT2D eigenvalue weighted by molar-refractivity contribution is 5.98. The van der Waals surface area contributed by atoms with E-state index in [2.05, 4.69) is 18.0 Å². The van der Waals surface area contributed by atoms with Crippen molar-refractivity contribution in [3.8, 4) is 0 Å². The summed E-state index contributed by atoms with van der Waals surface area (Å²) in [6.07, 6.45) is 1.86. The number of ketones is 1. The zero-order valence-electron chi connectivity index (χ0n) is 15.0. The van der Waals surface area contributed by atoms with Crippen molar-refractivity contribution < 1.29 is 9.59 Å². The molecule has 0 spiro atoms. The molecular formula is C21H21N3O2. The van der Waals surface area contributed by atoms with Crippen molar-refractivity contribution in [1.82, 2.24) is 14.9 Å². The van der Waals surface area contributed by atoms with Gasteiger partial charge in [0.25, 0.3) is 5.91 Å². The molecule has 1 amide bonds. The third-order valence-corrected chi connectivity index (χ3v) is 5.02. The topological polar surface area (TPSA) is 66.1 Å². The maximum absolute atomic E-state index is 13.0. The van der Waals surface area contributed by atoms with Crippen molar-refractivity contribution in [2.75, 3.05) is 6.54 Å². The largest absolute Gasteiger partial charge is 0.340 e. The quantitative estimate of drug-likeness (QED) is 0.727. The zero-order valence-corrected chi connectivity index (χ0v) is 15.0. The normalized spacial score (nSPS) is 17.0. The van der Waals surface area contributed by atoms with Gasteiger partial charge < -0.3 is 9.88 Å². The zero-order chi connectivity index (χ0) is 18.3. The van der Waals surface area contributed by atoms with Gasteiger partial charge in [0, 0.05) is 17.7 Å². The summed E-state index contributed by atoms with van der Waals surface area (Å²) in [6.45, 7) is 4.29. The van der Waals surface area contributed by atoms with E-state index in [-0.39, 0.29) is 17.7 Å². The molecular weight excluding hydrogens is 326 g/mol. The number of hydrogen-bond acceptors (Lipinski definition) is 3. The number of nitrogens with one attached hydrogen (secondary N) is 1. The second-order valence-electron chi connectivity index (χ2n) is 6.93. The SMILES string of the molecule is CC(=O)c1ccc(C(=O)N2CCCC2c2nc3ccc(C)cc3[nH]2)cc1. The fraction of sp³-hybridized carbons (Fsp3) is 0.286. The molecule has 5 nitrogen and oxygen atoms in total. The number of H-pyrrole nitrogens is 1. The molecule has 1 aliphatic heterocycles. The summed E-state index contributed by atoms with van der Waals surface area (Å²) in [7, 11) is 0. The average molecular weight is 347 g/mol. The Morgan fingerprint density at radius 1 is 1.12 bits per heavy atom. The number of aryl methyl sites for hydroxylation is 1. The third kappa shape index (κ3) is 2.90. The molecule has 26 heavy (non-hydrogen) atoms. The van der Waals surface area contributed by atoms with E-state index in [0.717, 1.165) is 29.7 Å². The molecule has 0 saturated carbocycles. The molecule has 1 atom stereocenters. The van der Waals surface area contributed by atoms with Gasteiger partial charge in [-0.25, -0.2) is 4.98 Å². The second kappa shape index (κ2) is 6.41. The van der Waals surface area contributed by atoms with Crippen molar-refractivity contribution in [1.29, 1.82) is 0 Å². The van der Waals surface area contributed by atoms with Crippen LogP contribution in [0.2, 0.25) is 0 Å². The highest BCUT2D eigenvalue weighted by atomic mass is 16.2. The van der Waals surface area contributed by atoms with Gasteiger partial charge in [-0.3, -0.25) is 9.59 Å². The molecule has 0 bridgehead atoms. The van der Waals surface area contributed by atoms with E-state index in [4.69, 9.17) is 4.98 Å². The molecule has 2 aromatic carbocycles. The predicted octanol–water partition coefficient (Wildman–Crippen LogP) is 4.05. The first-order chi connectivity index (χ1) is 12.5. The van der Waals surface area contributed by atoms with Gasteiger partial charge in [-0.1, -0.05) is 18.2 Å². The van der Waals surface area contributed by atoms with E-state index in [1.54, 1.807) is 24.3 Å². The van der Waals surface area contributed by atoms with Crippen LogP contribution in [0.3, 0.4) is 0 Å². The van der Waals surface area contributed by atoms with Crippen LogP contribution in [0.15, 0.2) is 42.5 Å². The average Bonchev–Trinajstić information content (AvgIpc) is 3.27. The molecule has 4 rings (SSSR count). The summed E-state index contributed by atoms with van der Waals surface area (Å²) in [5.74, 6) is 0.830. The molecule has 1 aliphatic rings. The molecule has 1 aromatic heterocycles. The van der Waals surface area contributed by atoms with Crippen LogP contribution >= 0.6 is 0 Å². The molecule has 1 unspecified atom stereocenters. The second-order valence-corrected chi connectivity index (χ2v) is 6.93. The number of carbonyl (C=O) groups excluding carboxylic acids is 2. The highest BCUT2D eigenvalue weighted by Gasteiger charge is 2.32. The standard InChI is InChI=1S/C21H21N3O2/c1-13-5-10-17-18(12-13)23-20(22-17)19-4-3-11-24(19)21(26)16-8-6-15(7-9-16)14(2)25/h5-10,12,19H,3-4,11H2,1-2H3,(H,22,23). The first-order valence-electron chi connectivity index (χ1n) is 8.91. The minimum atomic E-state index is -0.0392. The van der Waals surface area contributed by atoms with Crippen LogP contribution in [-0.2, 0) is 0 Å². The monoisotopic (exact) mass is 347 g/mol. The minimum absolute atomic E-state index is 0.000571. The molecule has 2 heterocycles. The van der Waals surface area contributed by atoms with E-state index in [0.29, 0.717) is 17.7 Å². The van der Waals surface area contributed by atoms with Gasteiger partial charge in [-0.15, -0.1) is 0 Å². The maximum Gasteiger partial charge on any atom is 0.254 e. The minimum Gasteiger partial charge on any atom is -0.340 e. The van der Waals surface area contributed by atoms with Crippen LogP contribution in [0, 0.1) is 6.92 Å². The van der Waals surface area contributed by atoms with Crippen LogP contribution in [-0.4, -0.2) is 33.1 Å². The maximum atomic E-state index is 13.0. The van der Waals surface area contributed by atoms with Gasteiger partial charge in [0.2, 0.25) is 0 Å². The lowest BCUT2D eigenvalue weighted by Gasteiger charge is -2.23. The Morgan fingerprint density at radius 2 is 1.85 bits per heavy atom. The molecule has 5 heteroatoms. The number of Topliss-reactive ketones (excluding diaryl/α,β-unsaturated/α-hetero) is 1. The molecule has 3 aromatic rings. The summed E-state index contributed by atoms with van der Waals surface area (Å²) in [4.78, 5) is 34.4. The number of hydrogen-bond donors (Lipinski definition) is 1. The number of nitrogens with zero attached hydrogens (tertiary/aromatic N) is 2. The predicted molar refractivity (Wildman–Crippen MR) is 100 cm³/mol. The van der Waals surface area contributed by atoms with E-state index >= 15 is 0 Å². The van der Waals surface area contributed by atoms with Crippen LogP contribution < -0.4 is 0 Å². The van der Waals surface area contributed by atoms with E-state index in [9.17, 15) is 9.59 Å². The Morgan fingerprint density at radius 3 is 2.58 bits per heavy atom. The highest BCUT2D eigenvalue weighted by Crippen LogP contribution is 2.32. The molecule has 1 fully saturated rings. The van der Waals surface area contributed by atoms with Gasteiger partial charge in [-0.2, -0.15) is 0 Å². The van der Waals surface area contributed by atoms with E-state index < -0.39 is 0 Å². The lowest BCUT2D eigenvalue weighted by Crippen LogP contribution is -2.31. The Labute approximate surface area is 152 Å². The number of likely N-dealkylation sites (tertiary alicyclic amines) is 1. The Kier molecular flexibility index (Phi) is 4.07. The van der Waals surface area contributed by atoms with Crippen molar-refractivity contribution in [2.45, 2.75) is 32.7 Å². The number of amides is 1. The number of aromatic amines is 1. The number of imidazole rings is 1. The van der Waals surface area contributed by atoms with Gasteiger partial charge in [0.15, 0.2) is 5.78 Å². The summed E-state index contributed by atoms with van der Waals surface area (Å²) < 4.78 is 0. The number of rotatable bonds is 3. The van der Waals surface area contributed by atoms with Crippen molar-refractivity contribution in [2.24, 2.45) is 0 Å². The van der Waals surface area contributed by atoms with Crippen LogP contribution in [0.25, 0.3) is 11.0 Å². The summed E-state index contributed by atoms with van der Waals surface area (Å²) in [5, 5.41) is 0. The van der Waals surface area contributed by atoms with E-state index in [1.165, 1.54) is 12.5 Å². The van der Waals surface area contributed by atoms with Gasteiger partial charge in [0.05, 0.1) is 17.1 Å². The third-order valence-electron chi connectivity index (χ3n) is 5.02. The number of fused-ring (bicyclic) bond motifs is 1. The number of carbonyl (C=O) groups is 2. The fourth-order valence-corrected chi connectivity index (χ4v) is 3.61. The van der Waals surface area contributed by atoms with Gasteiger partial charge in [-0.05, 0) is 56.5 Å². The van der Waals surface area contributed by atoms with Gasteiger partial charge >= 0.3 is 0 Å². The summed E-state index contributed by atoms with van der Waals surface area (Å²) >= 11 is 0. The lowest BCUT2D eigenvalue weighted by atomic mass is 10.1. The van der Waals surface area contributed by atoms with Crippen molar-refractivity contribution in [3.63, 3.8) is 0 Å². The Bertz CT molecular complexity index is 988. The Balaban J connectivity index is 1.62. The van der Waals surface area contributed by atoms with Crippen LogP contribution in [0.4, 0.5) is 0 Å². The first kappa shape index (κ1) is 16.5. The molecule has 0 radical (unpaired) electrons. The van der Waals surface area contributed by atoms with Crippen molar-refractivity contribution >= 4 is 22.7 Å². The molecule has 1 saturated heterocycles. The van der Waals surface area contributed by atoms with Crippen molar-refractivity contribution in [3.05, 3.63) is 65.0 Å². The van der Waals surface area contributed by atoms with Gasteiger partial charge in [0.1, 0.15) is 5.82 Å². The number of benzene rings is 2. The molecule has 1 N–H and O–H groups in total. The van der Waals surface area contributed by atoms with Crippen LogP contribution in [0.5, 0.6) is 0 Å². The molecule has 0 aliphatic carbocycles. The Hall–Kier alpha value is -2.95. The lowest BCUT2D eigenvalue weighted by molar-refractivity contribution is 0.0730. The molecule has 132 valence electrons.